The molecule has 1 heterocycles. The summed E-state index contributed by atoms with van der Waals surface area (Å²) in [5.41, 5.74) is 8.05. The van der Waals surface area contributed by atoms with E-state index >= 15 is 0 Å². The molecule has 1 aliphatic carbocycles. The third kappa shape index (κ3) is 3.21. The molecule has 4 nitrogen and oxygen atoms in total. The molecule has 0 spiro atoms. The van der Waals surface area contributed by atoms with Gasteiger partial charge >= 0.3 is 0 Å². The molecule has 2 atom stereocenters. The summed E-state index contributed by atoms with van der Waals surface area (Å²) in [4.78, 5) is 4.41. The minimum atomic E-state index is 0. The molecule has 0 radical (unpaired) electrons. The second kappa shape index (κ2) is 6.11. The van der Waals surface area contributed by atoms with Crippen molar-refractivity contribution in [3.05, 3.63) is 48.2 Å². The summed E-state index contributed by atoms with van der Waals surface area (Å²) in [7, 11) is 1.66. The van der Waals surface area contributed by atoms with Crippen molar-refractivity contribution >= 4 is 23.9 Å². The Balaban J connectivity index is 0.00000147. The van der Waals surface area contributed by atoms with Crippen LogP contribution in [0.15, 0.2) is 42.6 Å². The van der Waals surface area contributed by atoms with Crippen LogP contribution in [0.25, 0.3) is 0 Å². The van der Waals surface area contributed by atoms with Gasteiger partial charge in [-0.1, -0.05) is 6.07 Å². The molecule has 0 bridgehead atoms. The van der Waals surface area contributed by atoms with E-state index in [0.717, 1.165) is 23.7 Å². The van der Waals surface area contributed by atoms with Crippen LogP contribution in [0.4, 0.5) is 11.5 Å². The minimum absolute atomic E-state index is 0. The molecule has 1 aromatic heterocycles. The Morgan fingerprint density at radius 2 is 1.90 bits per heavy atom. The Morgan fingerprint density at radius 3 is 2.40 bits per heavy atom. The van der Waals surface area contributed by atoms with Crippen molar-refractivity contribution in [2.75, 3.05) is 12.4 Å². The molecule has 106 valence electrons. The summed E-state index contributed by atoms with van der Waals surface area (Å²) in [6.07, 6.45) is 2.98. The lowest BCUT2D eigenvalue weighted by Gasteiger charge is -2.07. The van der Waals surface area contributed by atoms with Gasteiger partial charge in [-0.15, -0.1) is 12.4 Å². The fourth-order valence-corrected chi connectivity index (χ4v) is 2.12. The highest BCUT2D eigenvalue weighted by Gasteiger charge is 2.34. The smallest absolute Gasteiger partial charge is 0.130 e. The quantitative estimate of drug-likeness (QED) is 0.909. The lowest BCUT2D eigenvalue weighted by molar-refractivity contribution is 0.415. The van der Waals surface area contributed by atoms with Crippen LogP contribution in [0.3, 0.4) is 0 Å². The van der Waals surface area contributed by atoms with Crippen LogP contribution in [0.2, 0.25) is 0 Å². The van der Waals surface area contributed by atoms with Gasteiger partial charge in [-0.3, -0.25) is 0 Å². The summed E-state index contributed by atoms with van der Waals surface area (Å²) in [6, 6.07) is 12.2. The molecule has 0 unspecified atom stereocenters. The zero-order chi connectivity index (χ0) is 13.2. The lowest BCUT2D eigenvalue weighted by atomic mass is 10.2. The van der Waals surface area contributed by atoms with Gasteiger partial charge in [-0.05, 0) is 42.3 Å². The number of pyridine rings is 1. The number of benzene rings is 1. The van der Waals surface area contributed by atoms with Crippen molar-refractivity contribution in [2.24, 2.45) is 5.73 Å². The number of aromatic nitrogens is 1. The number of methoxy groups -OCH3 is 1. The van der Waals surface area contributed by atoms with E-state index in [1.54, 1.807) is 7.11 Å². The van der Waals surface area contributed by atoms with Gasteiger partial charge in [0, 0.05) is 23.8 Å². The first-order valence-electron chi connectivity index (χ1n) is 6.39. The first-order valence-corrected chi connectivity index (χ1v) is 6.39. The number of rotatable bonds is 4. The molecule has 0 aliphatic heterocycles. The maximum Gasteiger partial charge on any atom is 0.130 e. The van der Waals surface area contributed by atoms with Gasteiger partial charge < -0.3 is 15.8 Å². The van der Waals surface area contributed by atoms with Crippen LogP contribution in [0.1, 0.15) is 17.9 Å². The highest BCUT2D eigenvalue weighted by atomic mass is 35.5. The zero-order valence-electron chi connectivity index (χ0n) is 11.2. The second-order valence-electron chi connectivity index (χ2n) is 4.84. The monoisotopic (exact) mass is 291 g/mol. The van der Waals surface area contributed by atoms with Gasteiger partial charge in [-0.2, -0.15) is 0 Å². The first kappa shape index (κ1) is 14.6. The third-order valence-corrected chi connectivity index (χ3v) is 3.42. The highest BCUT2D eigenvalue weighted by molar-refractivity contribution is 5.85. The number of ether oxygens (including phenoxy) is 1. The number of nitrogens with zero attached hydrogens (tertiary/aromatic N) is 1. The number of hydrogen-bond acceptors (Lipinski definition) is 4. The maximum absolute atomic E-state index is 5.83. The Morgan fingerprint density at radius 1 is 1.20 bits per heavy atom. The van der Waals surface area contributed by atoms with E-state index in [9.17, 15) is 0 Å². The van der Waals surface area contributed by atoms with E-state index in [0.29, 0.717) is 12.0 Å². The lowest BCUT2D eigenvalue weighted by Crippen LogP contribution is -2.01. The van der Waals surface area contributed by atoms with Crippen LogP contribution in [-0.4, -0.2) is 18.1 Å². The van der Waals surface area contributed by atoms with Crippen molar-refractivity contribution in [2.45, 2.75) is 18.4 Å². The molecule has 20 heavy (non-hydrogen) atoms. The summed E-state index contributed by atoms with van der Waals surface area (Å²) < 4.78 is 5.12. The maximum atomic E-state index is 5.83. The van der Waals surface area contributed by atoms with Crippen molar-refractivity contribution in [1.82, 2.24) is 4.98 Å². The number of anilines is 2. The molecule has 0 amide bonds. The van der Waals surface area contributed by atoms with E-state index < -0.39 is 0 Å². The number of hydrogen-bond donors (Lipinski definition) is 2. The average Bonchev–Trinajstić information content (AvgIpc) is 3.18. The van der Waals surface area contributed by atoms with Crippen molar-refractivity contribution in [3.63, 3.8) is 0 Å². The molecule has 1 saturated carbocycles. The van der Waals surface area contributed by atoms with E-state index in [1.165, 1.54) is 5.56 Å². The Kier molecular flexibility index (Phi) is 4.47. The van der Waals surface area contributed by atoms with Crippen LogP contribution >= 0.6 is 12.4 Å². The van der Waals surface area contributed by atoms with Crippen LogP contribution < -0.4 is 15.8 Å². The number of halogens is 1. The van der Waals surface area contributed by atoms with Crippen molar-refractivity contribution in [1.29, 1.82) is 0 Å². The molecule has 2 aromatic rings. The summed E-state index contributed by atoms with van der Waals surface area (Å²) >= 11 is 0. The van der Waals surface area contributed by atoms with E-state index in [4.69, 9.17) is 10.5 Å². The fraction of sp³-hybridized carbons (Fsp3) is 0.267. The number of nitrogens with one attached hydrogen (secondary N) is 1. The van der Waals surface area contributed by atoms with Gasteiger partial charge in [0.15, 0.2) is 0 Å². The topological polar surface area (TPSA) is 60.2 Å². The Labute approximate surface area is 124 Å². The molecular formula is C15H18ClN3O. The second-order valence-corrected chi connectivity index (χ2v) is 4.84. The minimum Gasteiger partial charge on any atom is -0.497 e. The molecule has 1 aliphatic rings. The average molecular weight is 292 g/mol. The van der Waals surface area contributed by atoms with Crippen molar-refractivity contribution < 1.29 is 4.74 Å². The molecule has 3 N–H and O–H groups in total. The number of nitrogens with two attached hydrogens (primary N) is 1. The first-order chi connectivity index (χ1) is 9.26. The van der Waals surface area contributed by atoms with Crippen LogP contribution in [0.5, 0.6) is 5.75 Å². The SMILES string of the molecule is COc1ccc(Nc2ccc([C@@H]3C[C@H]3N)cn2)cc1.Cl. The predicted molar refractivity (Wildman–Crippen MR) is 83.1 cm³/mol. The van der Waals surface area contributed by atoms with Gasteiger partial charge in [0.05, 0.1) is 7.11 Å². The summed E-state index contributed by atoms with van der Waals surface area (Å²) in [6.45, 7) is 0. The van der Waals surface area contributed by atoms with Gasteiger partial charge in [0.25, 0.3) is 0 Å². The predicted octanol–water partition coefficient (Wildman–Crippen LogP) is 3.07. The van der Waals surface area contributed by atoms with Crippen molar-refractivity contribution in [3.8, 4) is 5.75 Å². The Bertz CT molecular complexity index is 556. The fourth-order valence-electron chi connectivity index (χ4n) is 2.12. The molecule has 1 aromatic carbocycles. The van der Waals surface area contributed by atoms with Gasteiger partial charge in [0.1, 0.15) is 11.6 Å². The van der Waals surface area contributed by atoms with Gasteiger partial charge in [-0.25, -0.2) is 4.98 Å². The standard InChI is InChI=1S/C15H17N3O.ClH/c1-19-12-5-3-11(4-6-12)18-15-7-2-10(9-17-15)13-8-14(13)16;/h2-7,9,13-14H,8,16H2,1H3,(H,17,18);1H/t13-,14+;/m0./s1. The molecular weight excluding hydrogens is 274 g/mol. The van der Waals surface area contributed by atoms with E-state index in [-0.39, 0.29) is 12.4 Å². The molecule has 1 fully saturated rings. The highest BCUT2D eigenvalue weighted by Crippen LogP contribution is 2.38. The Hall–Kier alpha value is -1.78. The molecule has 5 heteroatoms. The summed E-state index contributed by atoms with van der Waals surface area (Å²) in [5, 5.41) is 3.26. The molecule has 3 rings (SSSR count). The van der Waals surface area contributed by atoms with Crippen LogP contribution in [0, 0.1) is 0 Å². The van der Waals surface area contributed by atoms with E-state index in [1.807, 2.05) is 36.5 Å². The largest absolute Gasteiger partial charge is 0.497 e. The van der Waals surface area contributed by atoms with Crippen LogP contribution in [-0.2, 0) is 0 Å². The third-order valence-electron chi connectivity index (χ3n) is 3.42. The summed E-state index contributed by atoms with van der Waals surface area (Å²) in [5.74, 6) is 2.18. The molecule has 0 saturated heterocycles. The van der Waals surface area contributed by atoms with Gasteiger partial charge in [0.2, 0.25) is 0 Å². The zero-order valence-corrected chi connectivity index (χ0v) is 12.1. The normalized spacial score (nSPS) is 19.9. The van der Waals surface area contributed by atoms with E-state index in [2.05, 4.69) is 16.4 Å².